The summed E-state index contributed by atoms with van der Waals surface area (Å²) in [6, 6.07) is 15.6. The van der Waals surface area contributed by atoms with Gasteiger partial charge in [-0.1, -0.05) is 35.8 Å². The van der Waals surface area contributed by atoms with Crippen molar-refractivity contribution in [3.8, 4) is 22.7 Å². The maximum atomic E-state index is 11.6. The van der Waals surface area contributed by atoms with Crippen LogP contribution in [0.1, 0.15) is 36.9 Å². The van der Waals surface area contributed by atoms with E-state index in [2.05, 4.69) is 34.3 Å². The van der Waals surface area contributed by atoms with Crippen molar-refractivity contribution in [1.82, 2.24) is 4.57 Å². The number of ether oxygens (including phenoxy) is 1. The van der Waals surface area contributed by atoms with E-state index in [0.29, 0.717) is 18.1 Å². The molecule has 3 aromatic rings. The molecule has 0 saturated carbocycles. The van der Waals surface area contributed by atoms with E-state index in [4.69, 9.17) is 4.74 Å². The van der Waals surface area contributed by atoms with Crippen LogP contribution in [-0.4, -0.2) is 22.2 Å². The van der Waals surface area contributed by atoms with E-state index in [1.54, 1.807) is 6.07 Å². The molecule has 0 atom stereocenters. The summed E-state index contributed by atoms with van der Waals surface area (Å²) in [7, 11) is 0. The van der Waals surface area contributed by atoms with Crippen LogP contribution in [0, 0.1) is 19.8 Å². The zero-order valence-electron chi connectivity index (χ0n) is 18.5. The average molecular weight is 466 g/mol. The number of carboxylic acids is 1. The second-order valence-electron chi connectivity index (χ2n) is 7.35. The number of hydrogen-bond donors (Lipinski definition) is 1. The molecule has 1 aromatic heterocycles. The van der Waals surface area contributed by atoms with E-state index >= 15 is 0 Å². The fourth-order valence-corrected chi connectivity index (χ4v) is 3.52. The smallest absolute Gasteiger partial charge is 1.00 e. The molecular weight excluding hydrogens is 441 g/mol. The van der Waals surface area contributed by atoms with Crippen molar-refractivity contribution in [1.29, 1.82) is 0 Å². The summed E-state index contributed by atoms with van der Waals surface area (Å²) in [5, 5.41) is 9.51. The van der Waals surface area contributed by atoms with Gasteiger partial charge in [-0.05, 0) is 67.8 Å². The van der Waals surface area contributed by atoms with Crippen LogP contribution in [0.4, 0.5) is 0 Å². The van der Waals surface area contributed by atoms with Gasteiger partial charge in [0.15, 0.2) is 0 Å². The van der Waals surface area contributed by atoms with Gasteiger partial charge in [-0.15, -0.1) is 0 Å². The number of rotatable bonds is 6. The molecule has 4 nitrogen and oxygen atoms in total. The third-order valence-corrected chi connectivity index (χ3v) is 5.07. The van der Waals surface area contributed by atoms with Crippen LogP contribution in [0.15, 0.2) is 53.0 Å². The SMILES string of the molecule is Cc1ccc(-n2c(C)ccc2-c2cc(Br)ccc2OCC(C)C)cc1C(=O)O.[H-].[Na+]. The zero-order valence-corrected chi connectivity index (χ0v) is 21.1. The molecule has 0 aliphatic carbocycles. The number of halogens is 1. The summed E-state index contributed by atoms with van der Waals surface area (Å²) in [5.74, 6) is 0.302. The van der Waals surface area contributed by atoms with Crippen molar-refractivity contribution >= 4 is 21.9 Å². The van der Waals surface area contributed by atoms with Gasteiger partial charge in [0.2, 0.25) is 0 Å². The molecule has 0 unspecified atom stereocenters. The molecule has 6 heteroatoms. The monoisotopic (exact) mass is 465 g/mol. The van der Waals surface area contributed by atoms with E-state index < -0.39 is 5.97 Å². The summed E-state index contributed by atoms with van der Waals surface area (Å²) < 4.78 is 9.08. The van der Waals surface area contributed by atoms with Crippen molar-refractivity contribution in [2.45, 2.75) is 27.7 Å². The van der Waals surface area contributed by atoms with Gasteiger partial charge in [0.1, 0.15) is 5.75 Å². The molecule has 0 fully saturated rings. The summed E-state index contributed by atoms with van der Waals surface area (Å²) in [4.78, 5) is 11.6. The number of benzene rings is 2. The molecule has 3 rings (SSSR count). The van der Waals surface area contributed by atoms with Gasteiger partial charge in [0.25, 0.3) is 0 Å². The first-order valence-corrected chi connectivity index (χ1v) is 10.0. The Labute approximate surface area is 203 Å². The first-order valence-electron chi connectivity index (χ1n) is 9.23. The number of aromatic carboxylic acids is 1. The van der Waals surface area contributed by atoms with Crippen molar-refractivity contribution in [3.05, 3.63) is 69.8 Å². The third kappa shape index (κ3) is 5.34. The molecular formula is C23H25BrNNaO3. The van der Waals surface area contributed by atoms with Crippen LogP contribution in [0.25, 0.3) is 16.9 Å². The van der Waals surface area contributed by atoms with Crippen molar-refractivity contribution in [3.63, 3.8) is 0 Å². The fourth-order valence-electron chi connectivity index (χ4n) is 3.16. The normalized spacial score (nSPS) is 10.7. The molecule has 1 N–H and O–H groups in total. The molecule has 0 amide bonds. The van der Waals surface area contributed by atoms with Gasteiger partial charge in [0, 0.05) is 21.4 Å². The maximum absolute atomic E-state index is 11.6. The molecule has 0 bridgehead atoms. The molecule has 0 saturated heterocycles. The molecule has 0 radical (unpaired) electrons. The van der Waals surface area contributed by atoms with E-state index in [0.717, 1.165) is 38.4 Å². The molecule has 29 heavy (non-hydrogen) atoms. The van der Waals surface area contributed by atoms with E-state index in [-0.39, 0.29) is 31.0 Å². The number of carboxylic acid groups (broad SMARTS) is 1. The van der Waals surface area contributed by atoms with Gasteiger partial charge < -0.3 is 15.8 Å². The predicted octanol–water partition coefficient (Wildman–Crippen LogP) is 3.37. The van der Waals surface area contributed by atoms with Gasteiger partial charge >= 0.3 is 35.5 Å². The number of aryl methyl sites for hydroxylation is 2. The maximum Gasteiger partial charge on any atom is 1.00 e. The number of aromatic nitrogens is 1. The molecule has 0 spiro atoms. The molecule has 0 aliphatic rings. The second-order valence-corrected chi connectivity index (χ2v) is 8.26. The minimum absolute atomic E-state index is 0. The Morgan fingerprint density at radius 1 is 1.14 bits per heavy atom. The van der Waals surface area contributed by atoms with Crippen LogP contribution >= 0.6 is 15.9 Å². The van der Waals surface area contributed by atoms with Crippen LogP contribution in [0.5, 0.6) is 5.75 Å². The number of hydrogen-bond acceptors (Lipinski definition) is 2. The summed E-state index contributed by atoms with van der Waals surface area (Å²) in [5.41, 5.74) is 4.80. The van der Waals surface area contributed by atoms with Crippen LogP contribution in [0.2, 0.25) is 0 Å². The number of nitrogens with zero attached hydrogens (tertiary/aromatic N) is 1. The number of carbonyl (C=O) groups is 1. The van der Waals surface area contributed by atoms with E-state index in [1.165, 1.54) is 0 Å². The first kappa shape index (κ1) is 23.7. The van der Waals surface area contributed by atoms with E-state index in [9.17, 15) is 9.90 Å². The van der Waals surface area contributed by atoms with Gasteiger partial charge in [-0.25, -0.2) is 4.79 Å². The molecule has 0 aliphatic heterocycles. The Bertz CT molecular complexity index is 1030. The van der Waals surface area contributed by atoms with Crippen LogP contribution < -0.4 is 34.3 Å². The Hall–Kier alpha value is -1.53. The Balaban J connectivity index is 0.00000225. The van der Waals surface area contributed by atoms with Crippen molar-refractivity contribution in [2.24, 2.45) is 5.92 Å². The Kier molecular flexibility index (Phi) is 8.18. The molecule has 148 valence electrons. The summed E-state index contributed by atoms with van der Waals surface area (Å²) in [6.45, 7) is 8.68. The molecule has 1 heterocycles. The van der Waals surface area contributed by atoms with Crippen LogP contribution in [-0.2, 0) is 0 Å². The first-order chi connectivity index (χ1) is 13.3. The van der Waals surface area contributed by atoms with Gasteiger partial charge in [0.05, 0.1) is 17.9 Å². The van der Waals surface area contributed by atoms with Crippen LogP contribution in [0.3, 0.4) is 0 Å². The van der Waals surface area contributed by atoms with Gasteiger partial charge in [-0.2, -0.15) is 0 Å². The molecule has 2 aromatic carbocycles. The standard InChI is InChI=1S/C23H24BrNO3.Na.H/c1-14(2)13-28-22-10-7-17(24)11-20(22)21-9-6-16(4)25(21)18-8-5-15(3)19(12-18)23(26)27;;/h5-12,14H,13H2,1-4H3,(H,26,27);;/q;+1;-1. The van der Waals surface area contributed by atoms with E-state index in [1.807, 2.05) is 56.3 Å². The average Bonchev–Trinajstić information content (AvgIpc) is 3.02. The van der Waals surface area contributed by atoms with Gasteiger partial charge in [-0.3, -0.25) is 0 Å². The summed E-state index contributed by atoms with van der Waals surface area (Å²) in [6.07, 6.45) is 0. The third-order valence-electron chi connectivity index (χ3n) is 4.58. The Morgan fingerprint density at radius 3 is 2.52 bits per heavy atom. The topological polar surface area (TPSA) is 51.5 Å². The fraction of sp³-hybridized carbons (Fsp3) is 0.261. The minimum atomic E-state index is -0.922. The van der Waals surface area contributed by atoms with Crippen molar-refractivity contribution < 1.29 is 45.6 Å². The largest absolute Gasteiger partial charge is 1.00 e. The van der Waals surface area contributed by atoms with Crippen molar-refractivity contribution in [2.75, 3.05) is 6.61 Å². The second kappa shape index (κ2) is 9.98. The minimum Gasteiger partial charge on any atom is -1.00 e. The Morgan fingerprint density at radius 2 is 1.86 bits per heavy atom. The predicted molar refractivity (Wildman–Crippen MR) is 117 cm³/mol. The zero-order chi connectivity index (χ0) is 20.4. The quantitative estimate of drug-likeness (QED) is 0.567. The summed E-state index contributed by atoms with van der Waals surface area (Å²) >= 11 is 3.56.